The normalized spacial score (nSPS) is 30.7. The maximum absolute atomic E-state index is 12.8. The summed E-state index contributed by atoms with van der Waals surface area (Å²) in [6, 6.07) is 8.84. The fraction of sp³-hybridized carbons (Fsp3) is 0.389. The molecule has 0 radical (unpaired) electrons. The van der Waals surface area contributed by atoms with Crippen molar-refractivity contribution >= 4 is 5.78 Å². The number of rotatable bonds is 4. The highest BCUT2D eigenvalue weighted by atomic mass is 16.5. The molecular formula is C18H21NO4. The predicted octanol–water partition coefficient (Wildman–Crippen LogP) is 1.61. The van der Waals surface area contributed by atoms with Gasteiger partial charge < -0.3 is 20.3 Å². The van der Waals surface area contributed by atoms with Crippen LogP contribution in [0.5, 0.6) is 0 Å². The Kier molecular flexibility index (Phi) is 4.61. The van der Waals surface area contributed by atoms with Crippen molar-refractivity contribution < 1.29 is 19.7 Å². The summed E-state index contributed by atoms with van der Waals surface area (Å²) >= 11 is 0. The molecule has 1 fully saturated rings. The van der Waals surface area contributed by atoms with Crippen molar-refractivity contribution in [1.29, 1.82) is 0 Å². The zero-order valence-corrected chi connectivity index (χ0v) is 12.8. The van der Waals surface area contributed by atoms with E-state index >= 15 is 0 Å². The molecule has 0 bridgehead atoms. The lowest BCUT2D eigenvalue weighted by molar-refractivity contribution is 0.000534. The maximum Gasteiger partial charge on any atom is 0.172 e. The van der Waals surface area contributed by atoms with E-state index in [4.69, 9.17) is 4.74 Å². The number of nitrogens with one attached hydrogen (secondary N) is 1. The average Bonchev–Trinajstić information content (AvgIpc) is 2.55. The molecule has 3 N–H and O–H groups in total. The molecule has 0 saturated carbocycles. The van der Waals surface area contributed by atoms with Crippen LogP contribution in [0.1, 0.15) is 16.8 Å². The van der Waals surface area contributed by atoms with Gasteiger partial charge in [-0.1, -0.05) is 36.4 Å². The van der Waals surface area contributed by atoms with Crippen LogP contribution >= 0.6 is 0 Å². The van der Waals surface area contributed by atoms with Crippen molar-refractivity contribution in [1.82, 2.24) is 5.32 Å². The summed E-state index contributed by atoms with van der Waals surface area (Å²) in [4.78, 5) is 12.8. The minimum absolute atomic E-state index is 0.0265. The van der Waals surface area contributed by atoms with Gasteiger partial charge in [-0.25, -0.2) is 0 Å². The molecule has 0 spiro atoms. The Morgan fingerprint density at radius 2 is 2.13 bits per heavy atom. The number of benzene rings is 1. The standard InChI is InChI=1S/C18H21NO4/c20-15-6-7-16(17(21)13-4-2-1-3-5-13)18(22,11-15)10-14-12-23-9-8-19-14/h1-7,11,14,16,19-20,22H,8-10,12H2. The van der Waals surface area contributed by atoms with E-state index in [2.05, 4.69) is 5.32 Å². The summed E-state index contributed by atoms with van der Waals surface area (Å²) in [5.74, 6) is -0.921. The third-order valence-corrected chi connectivity index (χ3v) is 4.31. The Bertz CT molecular complexity index is 619. The van der Waals surface area contributed by atoms with Crippen molar-refractivity contribution in [3.8, 4) is 0 Å². The van der Waals surface area contributed by atoms with Gasteiger partial charge >= 0.3 is 0 Å². The van der Waals surface area contributed by atoms with E-state index in [0.29, 0.717) is 31.7 Å². The largest absolute Gasteiger partial charge is 0.508 e. The van der Waals surface area contributed by atoms with E-state index in [1.165, 1.54) is 12.2 Å². The van der Waals surface area contributed by atoms with Gasteiger partial charge in [-0.05, 0) is 18.6 Å². The number of ether oxygens (including phenoxy) is 1. The fourth-order valence-electron chi connectivity index (χ4n) is 3.18. The maximum atomic E-state index is 12.8. The number of carbonyl (C=O) groups excluding carboxylic acids is 1. The molecule has 1 saturated heterocycles. The number of allylic oxidation sites excluding steroid dienone is 1. The minimum Gasteiger partial charge on any atom is -0.508 e. The molecule has 3 unspecified atom stereocenters. The van der Waals surface area contributed by atoms with Gasteiger partial charge in [0.2, 0.25) is 0 Å². The molecule has 2 aliphatic rings. The Labute approximate surface area is 135 Å². The summed E-state index contributed by atoms with van der Waals surface area (Å²) in [5.41, 5.74) is -0.896. The average molecular weight is 315 g/mol. The fourth-order valence-corrected chi connectivity index (χ4v) is 3.18. The number of Topliss-reactive ketones (excluding diaryl/α,β-unsaturated/α-hetero) is 1. The summed E-state index contributed by atoms with van der Waals surface area (Å²) in [6.45, 7) is 1.83. The zero-order chi connectivity index (χ0) is 16.3. The predicted molar refractivity (Wildman–Crippen MR) is 86.3 cm³/mol. The molecule has 1 aromatic carbocycles. The van der Waals surface area contributed by atoms with E-state index in [9.17, 15) is 15.0 Å². The first-order valence-electron chi connectivity index (χ1n) is 7.81. The molecule has 3 atom stereocenters. The van der Waals surface area contributed by atoms with Crippen LogP contribution in [0.4, 0.5) is 0 Å². The summed E-state index contributed by atoms with van der Waals surface area (Å²) in [6.07, 6.45) is 4.71. The first-order chi connectivity index (χ1) is 11.1. The molecule has 0 amide bonds. The summed E-state index contributed by atoms with van der Waals surface area (Å²) < 4.78 is 5.42. The highest BCUT2D eigenvalue weighted by molar-refractivity contribution is 6.00. The highest BCUT2D eigenvalue weighted by Crippen LogP contribution is 2.33. The molecule has 5 heteroatoms. The number of morpholine rings is 1. The van der Waals surface area contributed by atoms with Gasteiger partial charge in [0.1, 0.15) is 11.4 Å². The molecule has 3 rings (SSSR count). The van der Waals surface area contributed by atoms with Gasteiger partial charge in [0.15, 0.2) is 5.78 Å². The van der Waals surface area contributed by atoms with Crippen LogP contribution in [0.25, 0.3) is 0 Å². The van der Waals surface area contributed by atoms with E-state index in [0.717, 1.165) is 0 Å². The van der Waals surface area contributed by atoms with Crippen LogP contribution in [0.15, 0.2) is 54.3 Å². The van der Waals surface area contributed by atoms with Crippen LogP contribution in [0, 0.1) is 5.92 Å². The third kappa shape index (κ3) is 3.52. The van der Waals surface area contributed by atoms with Crippen LogP contribution in [0.3, 0.4) is 0 Å². The molecule has 5 nitrogen and oxygen atoms in total. The summed E-state index contributed by atoms with van der Waals surface area (Å²) in [5, 5.41) is 24.2. The minimum atomic E-state index is -1.44. The molecule has 1 aromatic rings. The van der Waals surface area contributed by atoms with Crippen molar-refractivity contribution in [3.63, 3.8) is 0 Å². The van der Waals surface area contributed by atoms with Crippen molar-refractivity contribution in [2.24, 2.45) is 5.92 Å². The van der Waals surface area contributed by atoms with Crippen LogP contribution in [-0.2, 0) is 4.74 Å². The van der Waals surface area contributed by atoms with Gasteiger partial charge in [-0.15, -0.1) is 0 Å². The molecule has 1 heterocycles. The van der Waals surface area contributed by atoms with Crippen LogP contribution < -0.4 is 5.32 Å². The van der Waals surface area contributed by atoms with E-state index in [-0.39, 0.29) is 17.6 Å². The monoisotopic (exact) mass is 315 g/mol. The third-order valence-electron chi connectivity index (χ3n) is 4.31. The molecule has 1 aliphatic carbocycles. The number of hydrogen-bond donors (Lipinski definition) is 3. The second-order valence-electron chi connectivity index (χ2n) is 6.06. The van der Waals surface area contributed by atoms with Gasteiger partial charge in [0.05, 0.1) is 19.1 Å². The van der Waals surface area contributed by atoms with Crippen LogP contribution in [-0.4, -0.2) is 47.4 Å². The molecule has 122 valence electrons. The Balaban J connectivity index is 1.84. The topological polar surface area (TPSA) is 78.8 Å². The van der Waals surface area contributed by atoms with Crippen molar-refractivity contribution in [2.45, 2.75) is 18.1 Å². The second kappa shape index (κ2) is 6.66. The molecular weight excluding hydrogens is 294 g/mol. The molecule has 23 heavy (non-hydrogen) atoms. The van der Waals surface area contributed by atoms with E-state index < -0.39 is 11.5 Å². The Hall–Kier alpha value is -1.95. The lowest BCUT2D eigenvalue weighted by Gasteiger charge is -2.37. The van der Waals surface area contributed by atoms with E-state index in [1.807, 2.05) is 6.07 Å². The number of ketones is 1. The van der Waals surface area contributed by atoms with Crippen molar-refractivity contribution in [2.75, 3.05) is 19.8 Å². The SMILES string of the molecule is O=C(c1ccccc1)C1C=CC(O)=CC1(O)CC1COCCN1. The Morgan fingerprint density at radius 1 is 1.35 bits per heavy atom. The van der Waals surface area contributed by atoms with Crippen LogP contribution in [0.2, 0.25) is 0 Å². The van der Waals surface area contributed by atoms with Crippen molar-refractivity contribution in [3.05, 3.63) is 59.9 Å². The van der Waals surface area contributed by atoms with Gasteiger partial charge in [-0.3, -0.25) is 4.79 Å². The second-order valence-corrected chi connectivity index (χ2v) is 6.06. The quantitative estimate of drug-likeness (QED) is 0.736. The smallest absolute Gasteiger partial charge is 0.172 e. The van der Waals surface area contributed by atoms with Gasteiger partial charge in [0.25, 0.3) is 0 Å². The number of hydrogen-bond acceptors (Lipinski definition) is 5. The number of aliphatic hydroxyl groups excluding tert-OH is 1. The molecule has 0 aromatic heterocycles. The zero-order valence-electron chi connectivity index (χ0n) is 12.8. The first-order valence-corrected chi connectivity index (χ1v) is 7.81. The van der Waals surface area contributed by atoms with E-state index in [1.54, 1.807) is 30.3 Å². The lowest BCUT2D eigenvalue weighted by atomic mass is 9.75. The lowest BCUT2D eigenvalue weighted by Crippen LogP contribution is -2.50. The highest BCUT2D eigenvalue weighted by Gasteiger charge is 2.42. The molecule has 1 aliphatic heterocycles. The summed E-state index contributed by atoms with van der Waals surface area (Å²) in [7, 11) is 0. The Morgan fingerprint density at radius 3 is 2.83 bits per heavy atom. The van der Waals surface area contributed by atoms with Gasteiger partial charge in [0, 0.05) is 18.2 Å². The first kappa shape index (κ1) is 15.9. The number of carbonyl (C=O) groups is 1. The van der Waals surface area contributed by atoms with Gasteiger partial charge in [-0.2, -0.15) is 0 Å². The number of aliphatic hydroxyl groups is 2.